The molecule has 1 aromatic rings. The summed E-state index contributed by atoms with van der Waals surface area (Å²) in [4.78, 5) is 24.6. The van der Waals surface area contributed by atoms with E-state index in [1.807, 2.05) is 6.07 Å². The standard InChI is InChI=1S/C13H19N3O4/c17-8-6-16(7-9-18)12(19)10-14-13(20)15-11-4-2-1-3-5-11/h1-5,17-18H,6-10H2,(H2,14,15,20). The fourth-order valence-corrected chi connectivity index (χ4v) is 1.57. The van der Waals surface area contributed by atoms with Crippen molar-refractivity contribution in [3.8, 4) is 0 Å². The Hall–Kier alpha value is -2.12. The van der Waals surface area contributed by atoms with Gasteiger partial charge in [-0.05, 0) is 12.1 Å². The molecule has 1 rings (SSSR count). The third-order valence-corrected chi connectivity index (χ3v) is 2.52. The van der Waals surface area contributed by atoms with Gasteiger partial charge in [-0.25, -0.2) is 4.79 Å². The smallest absolute Gasteiger partial charge is 0.319 e. The fraction of sp³-hybridized carbons (Fsp3) is 0.385. The molecular formula is C13H19N3O4. The summed E-state index contributed by atoms with van der Waals surface area (Å²) in [6, 6.07) is 8.36. The number of anilines is 1. The van der Waals surface area contributed by atoms with Gasteiger partial charge in [0.05, 0.1) is 19.8 Å². The second-order valence-electron chi connectivity index (χ2n) is 4.00. The number of benzene rings is 1. The van der Waals surface area contributed by atoms with Gasteiger partial charge in [-0.1, -0.05) is 18.2 Å². The molecule has 20 heavy (non-hydrogen) atoms. The summed E-state index contributed by atoms with van der Waals surface area (Å²) in [5, 5.41) is 22.6. The number of nitrogens with one attached hydrogen (secondary N) is 2. The molecule has 0 bridgehead atoms. The van der Waals surface area contributed by atoms with E-state index in [1.165, 1.54) is 4.90 Å². The highest BCUT2D eigenvalue weighted by molar-refractivity contribution is 5.92. The van der Waals surface area contributed by atoms with E-state index in [9.17, 15) is 9.59 Å². The first-order chi connectivity index (χ1) is 9.67. The Morgan fingerprint density at radius 3 is 2.20 bits per heavy atom. The number of rotatable bonds is 7. The molecule has 1 aromatic carbocycles. The Morgan fingerprint density at radius 1 is 1.05 bits per heavy atom. The van der Waals surface area contributed by atoms with Crippen LogP contribution in [-0.4, -0.2) is 59.9 Å². The van der Waals surface area contributed by atoms with Crippen molar-refractivity contribution in [3.05, 3.63) is 30.3 Å². The summed E-state index contributed by atoms with van der Waals surface area (Å²) in [5.41, 5.74) is 0.625. The summed E-state index contributed by atoms with van der Waals surface area (Å²) in [7, 11) is 0. The van der Waals surface area contributed by atoms with Gasteiger partial charge >= 0.3 is 6.03 Å². The first-order valence-corrected chi connectivity index (χ1v) is 6.26. The Balaban J connectivity index is 2.37. The van der Waals surface area contributed by atoms with Crippen LogP contribution in [0.25, 0.3) is 0 Å². The van der Waals surface area contributed by atoms with E-state index < -0.39 is 6.03 Å². The number of amides is 3. The predicted octanol–water partition coefficient (Wildman–Crippen LogP) is -0.379. The molecule has 3 amide bonds. The lowest BCUT2D eigenvalue weighted by molar-refractivity contribution is -0.131. The fourth-order valence-electron chi connectivity index (χ4n) is 1.57. The number of hydrogen-bond acceptors (Lipinski definition) is 4. The molecule has 0 unspecified atom stereocenters. The highest BCUT2D eigenvalue weighted by atomic mass is 16.3. The van der Waals surface area contributed by atoms with Gasteiger partial charge in [-0.2, -0.15) is 0 Å². The molecule has 0 aliphatic rings. The molecule has 0 spiro atoms. The van der Waals surface area contributed by atoms with Crippen molar-refractivity contribution in [1.82, 2.24) is 10.2 Å². The van der Waals surface area contributed by atoms with Crippen molar-refractivity contribution >= 4 is 17.6 Å². The van der Waals surface area contributed by atoms with Gasteiger partial charge in [0.15, 0.2) is 0 Å². The largest absolute Gasteiger partial charge is 0.395 e. The molecule has 0 radical (unpaired) electrons. The van der Waals surface area contributed by atoms with Crippen LogP contribution >= 0.6 is 0 Å². The number of aliphatic hydroxyl groups excluding tert-OH is 2. The molecule has 0 aliphatic heterocycles. The second kappa shape index (κ2) is 8.89. The molecule has 0 aromatic heterocycles. The molecule has 0 fully saturated rings. The van der Waals surface area contributed by atoms with Crippen molar-refractivity contribution in [2.45, 2.75) is 0 Å². The van der Waals surface area contributed by atoms with E-state index in [0.717, 1.165) is 0 Å². The molecule has 0 saturated heterocycles. The van der Waals surface area contributed by atoms with Gasteiger partial charge < -0.3 is 25.7 Å². The van der Waals surface area contributed by atoms with Crippen molar-refractivity contribution in [2.24, 2.45) is 0 Å². The third-order valence-electron chi connectivity index (χ3n) is 2.52. The highest BCUT2D eigenvalue weighted by Gasteiger charge is 2.13. The average molecular weight is 281 g/mol. The van der Waals surface area contributed by atoms with Crippen LogP contribution in [0.5, 0.6) is 0 Å². The first-order valence-electron chi connectivity index (χ1n) is 6.26. The Bertz CT molecular complexity index is 419. The molecule has 7 nitrogen and oxygen atoms in total. The lowest BCUT2D eigenvalue weighted by atomic mass is 10.3. The van der Waals surface area contributed by atoms with E-state index in [1.54, 1.807) is 24.3 Å². The van der Waals surface area contributed by atoms with Gasteiger partial charge in [0, 0.05) is 18.8 Å². The van der Waals surface area contributed by atoms with E-state index in [2.05, 4.69) is 10.6 Å². The van der Waals surface area contributed by atoms with E-state index in [-0.39, 0.29) is 38.8 Å². The molecule has 110 valence electrons. The van der Waals surface area contributed by atoms with Crippen LogP contribution in [0.2, 0.25) is 0 Å². The minimum absolute atomic E-state index is 0.126. The van der Waals surface area contributed by atoms with Crippen LogP contribution in [-0.2, 0) is 4.79 Å². The number of carbonyl (C=O) groups is 2. The SMILES string of the molecule is O=C(NCC(=O)N(CCO)CCO)Nc1ccccc1. The number of para-hydroxylation sites is 1. The lowest BCUT2D eigenvalue weighted by Crippen LogP contribution is -2.43. The Labute approximate surface area is 117 Å². The van der Waals surface area contributed by atoms with E-state index in [4.69, 9.17) is 10.2 Å². The topological polar surface area (TPSA) is 102 Å². The van der Waals surface area contributed by atoms with Crippen LogP contribution in [0.1, 0.15) is 0 Å². The monoisotopic (exact) mass is 281 g/mol. The van der Waals surface area contributed by atoms with Crippen LogP contribution in [0.4, 0.5) is 10.5 Å². The van der Waals surface area contributed by atoms with Gasteiger partial charge in [-0.3, -0.25) is 4.79 Å². The highest BCUT2D eigenvalue weighted by Crippen LogP contribution is 2.03. The van der Waals surface area contributed by atoms with Gasteiger partial charge in [0.1, 0.15) is 0 Å². The van der Waals surface area contributed by atoms with Crippen molar-refractivity contribution in [3.63, 3.8) is 0 Å². The summed E-state index contributed by atoms with van der Waals surface area (Å²) in [6.45, 7) is -0.328. The molecular weight excluding hydrogens is 262 g/mol. The zero-order chi connectivity index (χ0) is 14.8. The maximum atomic E-state index is 11.7. The van der Waals surface area contributed by atoms with Crippen LogP contribution in [0.15, 0.2) is 30.3 Å². The van der Waals surface area contributed by atoms with Gasteiger partial charge in [0.25, 0.3) is 0 Å². The Morgan fingerprint density at radius 2 is 1.65 bits per heavy atom. The normalized spacial score (nSPS) is 9.90. The summed E-state index contributed by atoms with van der Waals surface area (Å²) in [6.07, 6.45) is 0. The average Bonchev–Trinajstić information content (AvgIpc) is 2.45. The minimum Gasteiger partial charge on any atom is -0.395 e. The van der Waals surface area contributed by atoms with Crippen LogP contribution in [0.3, 0.4) is 0 Å². The van der Waals surface area contributed by atoms with Crippen molar-refractivity contribution in [2.75, 3.05) is 38.2 Å². The zero-order valence-electron chi connectivity index (χ0n) is 11.1. The zero-order valence-corrected chi connectivity index (χ0v) is 11.1. The molecule has 4 N–H and O–H groups in total. The molecule has 0 aliphatic carbocycles. The Kier molecular flexibility index (Phi) is 7.08. The van der Waals surface area contributed by atoms with Crippen LogP contribution < -0.4 is 10.6 Å². The third kappa shape index (κ3) is 5.68. The predicted molar refractivity (Wildman–Crippen MR) is 74.2 cm³/mol. The molecule has 0 heterocycles. The summed E-state index contributed by atoms with van der Waals surface area (Å²) < 4.78 is 0. The first kappa shape index (κ1) is 15.9. The maximum Gasteiger partial charge on any atom is 0.319 e. The van der Waals surface area contributed by atoms with Gasteiger partial charge in [-0.15, -0.1) is 0 Å². The van der Waals surface area contributed by atoms with E-state index >= 15 is 0 Å². The minimum atomic E-state index is -0.488. The van der Waals surface area contributed by atoms with Crippen LogP contribution in [0, 0.1) is 0 Å². The quantitative estimate of drug-likeness (QED) is 0.547. The maximum absolute atomic E-state index is 11.7. The van der Waals surface area contributed by atoms with E-state index in [0.29, 0.717) is 5.69 Å². The van der Waals surface area contributed by atoms with Crippen molar-refractivity contribution in [1.29, 1.82) is 0 Å². The lowest BCUT2D eigenvalue weighted by Gasteiger charge is -2.20. The van der Waals surface area contributed by atoms with Crippen molar-refractivity contribution < 1.29 is 19.8 Å². The molecule has 0 atom stereocenters. The second-order valence-corrected chi connectivity index (χ2v) is 4.00. The summed E-state index contributed by atoms with van der Waals surface area (Å²) >= 11 is 0. The number of urea groups is 1. The van der Waals surface area contributed by atoms with Gasteiger partial charge in [0.2, 0.25) is 5.91 Å². The number of aliphatic hydroxyl groups is 2. The number of hydrogen-bond donors (Lipinski definition) is 4. The molecule has 0 saturated carbocycles. The molecule has 7 heteroatoms. The number of nitrogens with zero attached hydrogens (tertiary/aromatic N) is 1. The summed E-state index contributed by atoms with van der Waals surface area (Å²) in [5.74, 6) is -0.365. The number of carbonyl (C=O) groups excluding carboxylic acids is 2.